The molecule has 214 valence electrons. The molecular weight excluding hydrogens is 536 g/mol. The standard InChI is InChI=1S/C30H36N6O4Si/c1-41(2,3)17-16-39-21-36-15-12-25-28(36)32-18-26(34-25)24-10-7-13-31-27(24)29(37)33-23-11-14-35(19-23)30(38)40-20-22-8-5-4-6-9-22/h4-10,12-13,15,18,23H,11,14,16-17,19-21H2,1-3H3,(H,33,37)/t23-/m0/s1. The van der Waals surface area contributed by atoms with Crippen molar-refractivity contribution in [2.45, 2.75) is 51.5 Å². The van der Waals surface area contributed by atoms with Crippen molar-refractivity contribution in [2.24, 2.45) is 0 Å². The van der Waals surface area contributed by atoms with E-state index in [-0.39, 0.29) is 30.3 Å². The Morgan fingerprint density at radius 2 is 1.90 bits per heavy atom. The highest BCUT2D eigenvalue weighted by Crippen LogP contribution is 2.23. The molecule has 0 radical (unpaired) electrons. The molecule has 10 nitrogen and oxygen atoms in total. The van der Waals surface area contributed by atoms with Crippen molar-refractivity contribution >= 4 is 31.2 Å². The zero-order chi connectivity index (χ0) is 28.8. The van der Waals surface area contributed by atoms with Crippen LogP contribution in [0.25, 0.3) is 22.4 Å². The SMILES string of the molecule is C[Si](C)(C)CCOCn1ccc2nc(-c3cccnc3C(=O)N[C@H]3CCN(C(=O)OCc4ccccc4)C3)cnc21. The van der Waals surface area contributed by atoms with Gasteiger partial charge in [0.15, 0.2) is 5.65 Å². The summed E-state index contributed by atoms with van der Waals surface area (Å²) in [6.45, 7) is 9.22. The lowest BCUT2D eigenvalue weighted by atomic mass is 10.1. The second kappa shape index (κ2) is 12.6. The van der Waals surface area contributed by atoms with Gasteiger partial charge < -0.3 is 24.3 Å². The zero-order valence-electron chi connectivity index (χ0n) is 23.7. The highest BCUT2D eigenvalue weighted by atomic mass is 28.3. The number of likely N-dealkylation sites (tertiary alicyclic amines) is 1. The Labute approximate surface area is 240 Å². The molecule has 1 atom stereocenters. The zero-order valence-corrected chi connectivity index (χ0v) is 24.7. The Morgan fingerprint density at radius 3 is 2.71 bits per heavy atom. The van der Waals surface area contributed by atoms with E-state index in [0.29, 0.717) is 43.0 Å². The summed E-state index contributed by atoms with van der Waals surface area (Å²) in [5.74, 6) is -0.319. The van der Waals surface area contributed by atoms with Crippen molar-refractivity contribution in [3.05, 3.63) is 78.4 Å². The number of fused-ring (bicyclic) bond motifs is 1. The minimum absolute atomic E-state index is 0.204. The molecule has 0 saturated carbocycles. The van der Waals surface area contributed by atoms with Crippen LogP contribution in [0.3, 0.4) is 0 Å². The molecule has 1 fully saturated rings. The average molecular weight is 573 g/mol. The van der Waals surface area contributed by atoms with Crippen molar-refractivity contribution in [3.63, 3.8) is 0 Å². The van der Waals surface area contributed by atoms with Crippen LogP contribution in [0.1, 0.15) is 22.5 Å². The van der Waals surface area contributed by atoms with Gasteiger partial charge in [-0.2, -0.15) is 0 Å². The Bertz CT molecular complexity index is 1500. The van der Waals surface area contributed by atoms with Gasteiger partial charge in [-0.25, -0.2) is 14.8 Å². The number of carbonyl (C=O) groups excluding carboxylic acids is 2. The van der Waals surface area contributed by atoms with Crippen LogP contribution in [-0.2, 0) is 22.8 Å². The predicted octanol–water partition coefficient (Wildman–Crippen LogP) is 4.95. The second-order valence-electron chi connectivity index (χ2n) is 11.4. The van der Waals surface area contributed by atoms with E-state index in [1.807, 2.05) is 53.2 Å². The summed E-state index contributed by atoms with van der Waals surface area (Å²) in [7, 11) is -1.15. The van der Waals surface area contributed by atoms with Gasteiger partial charge in [-0.05, 0) is 36.2 Å². The highest BCUT2D eigenvalue weighted by Gasteiger charge is 2.29. The monoisotopic (exact) mass is 572 g/mol. The van der Waals surface area contributed by atoms with Gasteiger partial charge in [0.1, 0.15) is 24.5 Å². The number of carbonyl (C=O) groups is 2. The van der Waals surface area contributed by atoms with Crippen LogP contribution in [0.15, 0.2) is 67.1 Å². The normalized spacial score (nSPS) is 15.3. The van der Waals surface area contributed by atoms with Gasteiger partial charge in [-0.1, -0.05) is 50.0 Å². The van der Waals surface area contributed by atoms with E-state index < -0.39 is 8.07 Å². The Hall–Kier alpha value is -4.09. The molecule has 5 rings (SSSR count). The third-order valence-electron chi connectivity index (χ3n) is 6.98. The fraction of sp³-hybridized carbons (Fsp3) is 0.367. The summed E-state index contributed by atoms with van der Waals surface area (Å²) in [6.07, 6.45) is 5.40. The van der Waals surface area contributed by atoms with Crippen LogP contribution in [0, 0.1) is 0 Å². The van der Waals surface area contributed by atoms with E-state index in [1.54, 1.807) is 23.4 Å². The van der Waals surface area contributed by atoms with Crippen LogP contribution >= 0.6 is 0 Å². The summed E-state index contributed by atoms with van der Waals surface area (Å²) in [6, 6.07) is 15.9. The fourth-order valence-electron chi connectivity index (χ4n) is 4.64. The van der Waals surface area contributed by atoms with Gasteiger partial charge >= 0.3 is 6.09 Å². The molecule has 1 aliphatic rings. The number of amides is 2. The van der Waals surface area contributed by atoms with E-state index in [0.717, 1.165) is 23.9 Å². The molecule has 3 aromatic heterocycles. The van der Waals surface area contributed by atoms with Gasteiger partial charge in [0.2, 0.25) is 0 Å². The van der Waals surface area contributed by atoms with E-state index in [2.05, 4.69) is 34.9 Å². The predicted molar refractivity (Wildman–Crippen MR) is 159 cm³/mol. The molecule has 4 aromatic rings. The smallest absolute Gasteiger partial charge is 0.410 e. The van der Waals surface area contributed by atoms with Gasteiger partial charge in [0.05, 0.1) is 11.9 Å². The number of pyridine rings is 1. The van der Waals surface area contributed by atoms with Gasteiger partial charge in [-0.3, -0.25) is 9.78 Å². The number of nitrogens with one attached hydrogen (secondary N) is 1. The van der Waals surface area contributed by atoms with Crippen molar-refractivity contribution in [1.82, 2.24) is 29.7 Å². The van der Waals surface area contributed by atoms with Crippen molar-refractivity contribution < 1.29 is 19.1 Å². The average Bonchev–Trinajstić information content (AvgIpc) is 3.61. The van der Waals surface area contributed by atoms with Crippen molar-refractivity contribution in [2.75, 3.05) is 19.7 Å². The number of ether oxygens (including phenoxy) is 2. The summed E-state index contributed by atoms with van der Waals surface area (Å²) < 4.78 is 13.3. The van der Waals surface area contributed by atoms with Crippen LogP contribution in [0.5, 0.6) is 0 Å². The molecule has 1 aliphatic heterocycles. The molecule has 4 heterocycles. The molecule has 1 N–H and O–H groups in total. The largest absolute Gasteiger partial charge is 0.445 e. The number of rotatable bonds is 10. The lowest BCUT2D eigenvalue weighted by Crippen LogP contribution is -2.39. The van der Waals surface area contributed by atoms with E-state index >= 15 is 0 Å². The molecule has 2 amide bonds. The molecule has 0 spiro atoms. The maximum Gasteiger partial charge on any atom is 0.410 e. The van der Waals surface area contributed by atoms with Crippen LogP contribution in [0.4, 0.5) is 4.79 Å². The topological polar surface area (TPSA) is 111 Å². The van der Waals surface area contributed by atoms with Crippen molar-refractivity contribution in [1.29, 1.82) is 0 Å². The van der Waals surface area contributed by atoms with Gasteiger partial charge in [0.25, 0.3) is 5.91 Å². The van der Waals surface area contributed by atoms with Crippen LogP contribution < -0.4 is 5.32 Å². The first-order chi connectivity index (χ1) is 19.8. The van der Waals surface area contributed by atoms with Gasteiger partial charge in [0, 0.05) is 51.8 Å². The van der Waals surface area contributed by atoms with E-state index in [1.165, 1.54) is 0 Å². The Balaban J connectivity index is 1.20. The van der Waals surface area contributed by atoms with Crippen LogP contribution in [0.2, 0.25) is 25.7 Å². The number of hydrogen-bond donors (Lipinski definition) is 1. The minimum Gasteiger partial charge on any atom is -0.445 e. The number of benzene rings is 1. The molecule has 1 aromatic carbocycles. The molecule has 1 saturated heterocycles. The highest BCUT2D eigenvalue weighted by molar-refractivity contribution is 6.76. The maximum atomic E-state index is 13.3. The summed E-state index contributed by atoms with van der Waals surface area (Å²) in [5.41, 5.74) is 3.78. The molecule has 11 heteroatoms. The quantitative estimate of drug-likeness (QED) is 0.211. The first kappa shape index (κ1) is 28.4. The third kappa shape index (κ3) is 7.36. The number of hydrogen-bond acceptors (Lipinski definition) is 7. The Kier molecular flexibility index (Phi) is 8.74. The number of aromatic nitrogens is 4. The first-order valence-electron chi connectivity index (χ1n) is 13.9. The molecule has 0 bridgehead atoms. The molecule has 0 unspecified atom stereocenters. The van der Waals surface area contributed by atoms with E-state index in [4.69, 9.17) is 14.5 Å². The minimum atomic E-state index is -1.15. The van der Waals surface area contributed by atoms with Crippen molar-refractivity contribution in [3.8, 4) is 11.3 Å². The summed E-state index contributed by atoms with van der Waals surface area (Å²) in [5, 5.41) is 3.03. The lowest BCUT2D eigenvalue weighted by Gasteiger charge is -2.17. The van der Waals surface area contributed by atoms with E-state index in [9.17, 15) is 9.59 Å². The lowest BCUT2D eigenvalue weighted by molar-refractivity contribution is 0.0898. The van der Waals surface area contributed by atoms with Crippen LogP contribution in [-0.4, -0.2) is 70.2 Å². The fourth-order valence-corrected chi connectivity index (χ4v) is 5.39. The maximum absolute atomic E-state index is 13.3. The molecule has 0 aliphatic carbocycles. The van der Waals surface area contributed by atoms with Gasteiger partial charge in [-0.15, -0.1) is 0 Å². The number of nitrogens with zero attached hydrogens (tertiary/aromatic N) is 5. The summed E-state index contributed by atoms with van der Waals surface area (Å²) in [4.78, 5) is 41.2. The molecular formula is C30H36N6O4Si. The summed E-state index contributed by atoms with van der Waals surface area (Å²) >= 11 is 0. The first-order valence-corrected chi connectivity index (χ1v) is 17.6. The third-order valence-corrected chi connectivity index (χ3v) is 8.68. The molecule has 41 heavy (non-hydrogen) atoms. The Morgan fingerprint density at radius 1 is 1.07 bits per heavy atom. The second-order valence-corrected chi connectivity index (χ2v) is 17.1.